The summed E-state index contributed by atoms with van der Waals surface area (Å²) in [6, 6.07) is 9.49. The van der Waals surface area contributed by atoms with Crippen molar-refractivity contribution in [2.24, 2.45) is 0 Å². The fraction of sp³-hybridized carbons (Fsp3) is 0.133. The standard InChI is InChI=1S/C15H12Cl2FNO/c1-9-2-3-10(6-14(9)18)8-19-15(20)12-5-4-11(16)7-13(12)17/h2-7H,8H2,1H3,(H,19,20). The van der Waals surface area contributed by atoms with Crippen LogP contribution in [0.25, 0.3) is 0 Å². The number of rotatable bonds is 3. The van der Waals surface area contributed by atoms with Crippen LogP contribution in [-0.4, -0.2) is 5.91 Å². The number of halogens is 3. The molecule has 1 amide bonds. The molecule has 1 N–H and O–H groups in total. The highest BCUT2D eigenvalue weighted by Crippen LogP contribution is 2.21. The lowest BCUT2D eigenvalue weighted by molar-refractivity contribution is 0.0951. The molecule has 2 aromatic rings. The molecular formula is C15H12Cl2FNO. The normalized spacial score (nSPS) is 10.4. The van der Waals surface area contributed by atoms with Gasteiger partial charge in [0, 0.05) is 11.6 Å². The fourth-order valence-corrected chi connectivity index (χ4v) is 2.19. The van der Waals surface area contributed by atoms with Crippen LogP contribution in [0, 0.1) is 12.7 Å². The molecule has 0 fully saturated rings. The van der Waals surface area contributed by atoms with Crippen LogP contribution in [-0.2, 0) is 6.54 Å². The van der Waals surface area contributed by atoms with Gasteiger partial charge in [0.1, 0.15) is 5.82 Å². The van der Waals surface area contributed by atoms with Gasteiger partial charge in [-0.05, 0) is 42.3 Å². The van der Waals surface area contributed by atoms with E-state index >= 15 is 0 Å². The number of carbonyl (C=O) groups is 1. The third-order valence-corrected chi connectivity index (χ3v) is 3.41. The molecule has 2 nitrogen and oxygen atoms in total. The van der Waals surface area contributed by atoms with Crippen LogP contribution < -0.4 is 5.32 Å². The van der Waals surface area contributed by atoms with Crippen molar-refractivity contribution in [2.75, 3.05) is 0 Å². The average Bonchev–Trinajstić information content (AvgIpc) is 2.40. The van der Waals surface area contributed by atoms with E-state index in [9.17, 15) is 9.18 Å². The Morgan fingerprint density at radius 1 is 1.20 bits per heavy atom. The summed E-state index contributed by atoms with van der Waals surface area (Å²) in [5, 5.41) is 3.44. The molecule has 0 radical (unpaired) electrons. The largest absolute Gasteiger partial charge is 0.348 e. The first-order valence-electron chi connectivity index (χ1n) is 5.95. The maximum atomic E-state index is 13.4. The van der Waals surface area contributed by atoms with Crippen molar-refractivity contribution < 1.29 is 9.18 Å². The van der Waals surface area contributed by atoms with Crippen molar-refractivity contribution >= 4 is 29.1 Å². The number of hydrogen-bond donors (Lipinski definition) is 1. The smallest absolute Gasteiger partial charge is 0.253 e. The third-order valence-electron chi connectivity index (χ3n) is 2.87. The molecule has 0 atom stereocenters. The van der Waals surface area contributed by atoms with E-state index in [1.165, 1.54) is 12.1 Å². The highest BCUT2D eigenvalue weighted by Gasteiger charge is 2.10. The van der Waals surface area contributed by atoms with Gasteiger partial charge in [-0.25, -0.2) is 4.39 Å². The number of aryl methyl sites for hydroxylation is 1. The zero-order chi connectivity index (χ0) is 14.7. The molecule has 0 unspecified atom stereocenters. The molecule has 20 heavy (non-hydrogen) atoms. The second kappa shape index (κ2) is 6.25. The zero-order valence-corrected chi connectivity index (χ0v) is 12.2. The first-order valence-corrected chi connectivity index (χ1v) is 6.71. The summed E-state index contributed by atoms with van der Waals surface area (Å²) in [5.74, 6) is -0.617. The fourth-order valence-electron chi connectivity index (χ4n) is 1.70. The Balaban J connectivity index is 2.06. The first kappa shape index (κ1) is 14.8. The van der Waals surface area contributed by atoms with Gasteiger partial charge in [0.2, 0.25) is 0 Å². The molecular weight excluding hydrogens is 300 g/mol. The van der Waals surface area contributed by atoms with Gasteiger partial charge < -0.3 is 5.32 Å². The number of benzene rings is 2. The van der Waals surface area contributed by atoms with Crippen molar-refractivity contribution in [1.82, 2.24) is 5.32 Å². The Morgan fingerprint density at radius 3 is 2.60 bits per heavy atom. The molecule has 0 aliphatic rings. The first-order chi connectivity index (χ1) is 9.47. The molecule has 5 heteroatoms. The molecule has 2 aromatic carbocycles. The molecule has 0 saturated heterocycles. The summed E-state index contributed by atoms with van der Waals surface area (Å²) < 4.78 is 13.4. The Morgan fingerprint density at radius 2 is 1.95 bits per heavy atom. The van der Waals surface area contributed by atoms with Crippen LogP contribution in [0.5, 0.6) is 0 Å². The van der Waals surface area contributed by atoms with Crippen molar-refractivity contribution in [3.05, 3.63) is 69.0 Å². The lowest BCUT2D eigenvalue weighted by atomic mass is 10.1. The van der Waals surface area contributed by atoms with Gasteiger partial charge in [0.25, 0.3) is 5.91 Å². The number of amides is 1. The predicted molar refractivity (Wildman–Crippen MR) is 78.8 cm³/mol. The minimum atomic E-state index is -0.326. The van der Waals surface area contributed by atoms with E-state index in [1.807, 2.05) is 0 Å². The Bertz CT molecular complexity index is 658. The molecule has 0 aliphatic carbocycles. The molecule has 0 aliphatic heterocycles. The summed E-state index contributed by atoms with van der Waals surface area (Å²) in [4.78, 5) is 12.0. The summed E-state index contributed by atoms with van der Waals surface area (Å²) in [7, 11) is 0. The average molecular weight is 312 g/mol. The Hall–Kier alpha value is -1.58. The van der Waals surface area contributed by atoms with Crippen molar-refractivity contribution in [3.8, 4) is 0 Å². The minimum absolute atomic E-state index is 0.231. The molecule has 104 valence electrons. The molecule has 0 bridgehead atoms. The van der Waals surface area contributed by atoms with Crippen molar-refractivity contribution in [3.63, 3.8) is 0 Å². The SMILES string of the molecule is Cc1ccc(CNC(=O)c2ccc(Cl)cc2Cl)cc1F. The van der Waals surface area contributed by atoms with Gasteiger partial charge in [0.05, 0.1) is 10.6 Å². The van der Waals surface area contributed by atoms with E-state index in [2.05, 4.69) is 5.32 Å². The number of carbonyl (C=O) groups excluding carboxylic acids is 1. The van der Waals surface area contributed by atoms with Gasteiger partial charge >= 0.3 is 0 Å². The van der Waals surface area contributed by atoms with Crippen LogP contribution in [0.3, 0.4) is 0 Å². The van der Waals surface area contributed by atoms with E-state index in [4.69, 9.17) is 23.2 Å². The highest BCUT2D eigenvalue weighted by molar-refractivity contribution is 6.36. The second-order valence-corrected chi connectivity index (χ2v) is 5.23. The van der Waals surface area contributed by atoms with Crippen LogP contribution in [0.15, 0.2) is 36.4 Å². The van der Waals surface area contributed by atoms with E-state index < -0.39 is 0 Å². The van der Waals surface area contributed by atoms with Crippen molar-refractivity contribution in [1.29, 1.82) is 0 Å². The monoisotopic (exact) mass is 311 g/mol. The summed E-state index contributed by atoms with van der Waals surface area (Å²) in [6.45, 7) is 1.92. The van der Waals surface area contributed by atoms with E-state index in [0.29, 0.717) is 21.7 Å². The van der Waals surface area contributed by atoms with Gasteiger partial charge in [-0.3, -0.25) is 4.79 Å². The molecule has 2 rings (SSSR count). The van der Waals surface area contributed by atoms with Gasteiger partial charge in [-0.15, -0.1) is 0 Å². The molecule has 0 heterocycles. The maximum absolute atomic E-state index is 13.4. The summed E-state index contributed by atoms with van der Waals surface area (Å²) in [5.41, 5.74) is 1.59. The highest BCUT2D eigenvalue weighted by atomic mass is 35.5. The van der Waals surface area contributed by atoms with E-state index in [-0.39, 0.29) is 23.3 Å². The number of hydrogen-bond acceptors (Lipinski definition) is 1. The second-order valence-electron chi connectivity index (χ2n) is 4.39. The predicted octanol–water partition coefficient (Wildman–Crippen LogP) is 4.37. The topological polar surface area (TPSA) is 29.1 Å². The summed E-state index contributed by atoms with van der Waals surface area (Å²) in [6.07, 6.45) is 0. The van der Waals surface area contributed by atoms with Crippen LogP contribution in [0.2, 0.25) is 10.0 Å². The van der Waals surface area contributed by atoms with Crippen molar-refractivity contribution in [2.45, 2.75) is 13.5 Å². The maximum Gasteiger partial charge on any atom is 0.253 e. The zero-order valence-electron chi connectivity index (χ0n) is 10.7. The van der Waals surface area contributed by atoms with Gasteiger partial charge in [0.15, 0.2) is 0 Å². The van der Waals surface area contributed by atoms with Crippen LogP contribution >= 0.6 is 23.2 Å². The molecule has 0 spiro atoms. The molecule has 0 aromatic heterocycles. The lowest BCUT2D eigenvalue weighted by Crippen LogP contribution is -2.23. The van der Waals surface area contributed by atoms with Crippen LogP contribution in [0.4, 0.5) is 4.39 Å². The quantitative estimate of drug-likeness (QED) is 0.896. The minimum Gasteiger partial charge on any atom is -0.348 e. The number of nitrogens with one attached hydrogen (secondary N) is 1. The van der Waals surface area contributed by atoms with Gasteiger partial charge in [-0.1, -0.05) is 35.3 Å². The molecule has 0 saturated carbocycles. The van der Waals surface area contributed by atoms with E-state index in [0.717, 1.165) is 0 Å². The summed E-state index contributed by atoms with van der Waals surface area (Å²) >= 11 is 11.7. The Kier molecular flexibility index (Phi) is 4.63. The Labute approximate surface area is 126 Å². The van der Waals surface area contributed by atoms with E-state index in [1.54, 1.807) is 31.2 Å². The lowest BCUT2D eigenvalue weighted by Gasteiger charge is -2.08. The third kappa shape index (κ3) is 3.50. The van der Waals surface area contributed by atoms with Crippen LogP contribution in [0.1, 0.15) is 21.5 Å². The van der Waals surface area contributed by atoms with Gasteiger partial charge in [-0.2, -0.15) is 0 Å².